The number of hydrogen-bond acceptors (Lipinski definition) is 8. The van der Waals surface area contributed by atoms with Crippen molar-refractivity contribution < 1.29 is 31.9 Å². The number of rotatable bonds is 6. The van der Waals surface area contributed by atoms with Crippen LogP contribution in [0.1, 0.15) is 5.56 Å². The van der Waals surface area contributed by atoms with Crippen molar-refractivity contribution in [2.75, 3.05) is 4.90 Å². The van der Waals surface area contributed by atoms with E-state index in [1.54, 1.807) is 6.07 Å². The fourth-order valence-electron chi connectivity index (χ4n) is 3.27. The van der Waals surface area contributed by atoms with Gasteiger partial charge in [0, 0.05) is 12.1 Å². The van der Waals surface area contributed by atoms with E-state index in [1.807, 2.05) is 5.32 Å². The predicted octanol–water partition coefficient (Wildman–Crippen LogP) is 4.34. The summed E-state index contributed by atoms with van der Waals surface area (Å²) in [5.41, 5.74) is -0.634. The zero-order valence-corrected chi connectivity index (χ0v) is 20.6. The molecule has 1 fully saturated rings. The highest BCUT2D eigenvalue weighted by atomic mass is 35.5. The van der Waals surface area contributed by atoms with Crippen molar-refractivity contribution in [1.82, 2.24) is 5.32 Å². The van der Waals surface area contributed by atoms with E-state index in [2.05, 4.69) is 0 Å². The molecule has 1 aliphatic rings. The van der Waals surface area contributed by atoms with Crippen molar-refractivity contribution in [3.63, 3.8) is 0 Å². The highest BCUT2D eigenvalue weighted by Crippen LogP contribution is 2.37. The Hall–Kier alpha value is -4.26. The van der Waals surface area contributed by atoms with Crippen LogP contribution in [0.3, 0.4) is 0 Å². The molecule has 4 amide bonds. The minimum Gasteiger partial charge on any atom is -0.376 e. The summed E-state index contributed by atoms with van der Waals surface area (Å²) in [5, 5.41) is 12.4. The van der Waals surface area contributed by atoms with E-state index in [4.69, 9.17) is 27.4 Å². The van der Waals surface area contributed by atoms with Crippen LogP contribution in [0.15, 0.2) is 77.2 Å². The molecule has 1 aliphatic heterocycles. The molecule has 0 atom stereocenters. The van der Waals surface area contributed by atoms with Gasteiger partial charge in [-0.15, -0.1) is 0 Å². The molecule has 3 aromatic rings. The second kappa shape index (κ2) is 10.0. The number of benzene rings is 3. The fourth-order valence-corrected chi connectivity index (χ4v) is 4.93. The number of imide groups is 2. The number of nitro benzene ring substituents is 1. The van der Waals surface area contributed by atoms with Gasteiger partial charge in [0.2, 0.25) is 0 Å². The van der Waals surface area contributed by atoms with Gasteiger partial charge in [-0.3, -0.25) is 25.0 Å². The summed E-state index contributed by atoms with van der Waals surface area (Å²) < 4.78 is 30.2. The third-order valence-corrected chi connectivity index (χ3v) is 6.77. The molecule has 0 unspecified atom stereocenters. The molecule has 0 saturated carbocycles. The lowest BCUT2D eigenvalue weighted by atomic mass is 10.1. The number of carbonyl (C=O) groups is 3. The normalized spacial score (nSPS) is 15.0. The average Bonchev–Trinajstić information content (AvgIpc) is 2.85. The van der Waals surface area contributed by atoms with E-state index < -0.39 is 38.5 Å². The van der Waals surface area contributed by atoms with Gasteiger partial charge in [-0.05, 0) is 48.0 Å². The molecule has 188 valence electrons. The Bertz CT molecular complexity index is 1570. The molecule has 0 aromatic heterocycles. The molecular weight excluding hydrogens is 549 g/mol. The molecule has 0 bridgehead atoms. The summed E-state index contributed by atoms with van der Waals surface area (Å²) in [6, 6.07) is 13.2. The number of urea groups is 1. The van der Waals surface area contributed by atoms with E-state index in [9.17, 15) is 32.9 Å². The Labute approximate surface area is 219 Å². The van der Waals surface area contributed by atoms with Gasteiger partial charge in [-0.2, -0.15) is 8.42 Å². The molecule has 1 saturated heterocycles. The van der Waals surface area contributed by atoms with E-state index in [-0.39, 0.29) is 37.6 Å². The molecule has 0 spiro atoms. The van der Waals surface area contributed by atoms with Crippen LogP contribution in [-0.4, -0.2) is 31.2 Å². The first-order valence-corrected chi connectivity index (χ1v) is 12.3. The van der Waals surface area contributed by atoms with E-state index >= 15 is 0 Å². The quantitative estimate of drug-likeness (QED) is 0.153. The van der Waals surface area contributed by atoms with Gasteiger partial charge in [0.25, 0.3) is 17.5 Å². The summed E-state index contributed by atoms with van der Waals surface area (Å²) in [7, 11) is -4.26. The van der Waals surface area contributed by atoms with Crippen molar-refractivity contribution in [1.29, 1.82) is 0 Å². The van der Waals surface area contributed by atoms with Crippen LogP contribution in [0.5, 0.6) is 5.75 Å². The maximum Gasteiger partial charge on any atom is 0.339 e. The van der Waals surface area contributed by atoms with Crippen LogP contribution in [0.4, 0.5) is 16.2 Å². The summed E-state index contributed by atoms with van der Waals surface area (Å²) in [6.45, 7) is 0. The van der Waals surface area contributed by atoms with E-state index in [0.717, 1.165) is 18.2 Å². The third kappa shape index (κ3) is 5.31. The van der Waals surface area contributed by atoms with Gasteiger partial charge in [-0.1, -0.05) is 41.4 Å². The molecule has 11 nitrogen and oxygen atoms in total. The van der Waals surface area contributed by atoms with E-state index in [0.29, 0.717) is 4.90 Å². The maximum absolute atomic E-state index is 13.0. The second-order valence-electron chi connectivity index (χ2n) is 7.40. The van der Waals surface area contributed by atoms with Crippen LogP contribution in [0, 0.1) is 10.1 Å². The predicted molar refractivity (Wildman–Crippen MR) is 133 cm³/mol. The number of halogens is 2. The van der Waals surface area contributed by atoms with Gasteiger partial charge >= 0.3 is 16.1 Å². The maximum atomic E-state index is 13.0. The molecule has 37 heavy (non-hydrogen) atoms. The van der Waals surface area contributed by atoms with Crippen molar-refractivity contribution in [3.8, 4) is 5.75 Å². The van der Waals surface area contributed by atoms with Crippen molar-refractivity contribution in [2.24, 2.45) is 0 Å². The highest BCUT2D eigenvalue weighted by molar-refractivity contribution is 7.87. The van der Waals surface area contributed by atoms with Crippen molar-refractivity contribution >= 4 is 68.6 Å². The first-order valence-electron chi connectivity index (χ1n) is 10.1. The molecule has 0 radical (unpaired) electrons. The van der Waals surface area contributed by atoms with Gasteiger partial charge in [0.05, 0.1) is 20.7 Å². The molecule has 1 N–H and O–H groups in total. The standard InChI is InChI=1S/C23H13Cl2N3O8S/c24-18-11-13(12-19(25)20(18)36-37(34,35)16-4-2-1-3-5-16)10-17-21(29)26-23(31)27(22(17)30)14-6-8-15(9-7-14)28(32)33/h1-12H,(H,26,29,31)/b17-10+. The van der Waals surface area contributed by atoms with Crippen LogP contribution in [-0.2, 0) is 19.7 Å². The number of barbiturate groups is 1. The van der Waals surface area contributed by atoms with Crippen LogP contribution >= 0.6 is 23.2 Å². The van der Waals surface area contributed by atoms with Crippen LogP contribution < -0.4 is 14.4 Å². The Kier molecular flexibility index (Phi) is 6.99. The number of anilines is 1. The zero-order valence-electron chi connectivity index (χ0n) is 18.3. The number of hydrogen-bond donors (Lipinski definition) is 1. The molecular formula is C23H13Cl2N3O8S. The highest BCUT2D eigenvalue weighted by Gasteiger charge is 2.37. The first kappa shape index (κ1) is 25.8. The minimum atomic E-state index is -4.26. The zero-order chi connectivity index (χ0) is 26.9. The Morgan fingerprint density at radius 3 is 2.11 bits per heavy atom. The van der Waals surface area contributed by atoms with E-state index in [1.165, 1.54) is 48.5 Å². The van der Waals surface area contributed by atoms with Crippen molar-refractivity contribution in [2.45, 2.75) is 4.90 Å². The molecule has 4 rings (SSSR count). The monoisotopic (exact) mass is 561 g/mol. The van der Waals surface area contributed by atoms with Gasteiger partial charge in [-0.25, -0.2) is 9.69 Å². The topological polar surface area (TPSA) is 153 Å². The van der Waals surface area contributed by atoms with Crippen LogP contribution in [0.2, 0.25) is 10.0 Å². The Balaban J connectivity index is 1.66. The number of non-ortho nitro benzene ring substituents is 1. The number of nitrogens with zero attached hydrogens (tertiary/aromatic N) is 2. The minimum absolute atomic E-state index is 0.0163. The van der Waals surface area contributed by atoms with Crippen LogP contribution in [0.25, 0.3) is 6.08 Å². The average molecular weight is 562 g/mol. The second-order valence-corrected chi connectivity index (χ2v) is 9.76. The third-order valence-electron chi connectivity index (χ3n) is 4.98. The van der Waals surface area contributed by atoms with Gasteiger partial charge in [0.15, 0.2) is 5.75 Å². The number of carbonyl (C=O) groups excluding carboxylic acids is 3. The molecule has 0 aliphatic carbocycles. The lowest BCUT2D eigenvalue weighted by Gasteiger charge is -2.26. The van der Waals surface area contributed by atoms with Gasteiger partial charge < -0.3 is 4.18 Å². The number of amides is 4. The summed E-state index contributed by atoms with van der Waals surface area (Å²) >= 11 is 12.4. The first-order chi connectivity index (χ1) is 17.5. The SMILES string of the molecule is O=C1NC(=O)N(c2ccc([N+](=O)[O-])cc2)C(=O)/C1=C/c1cc(Cl)c(OS(=O)(=O)c2ccccc2)c(Cl)c1. The molecule has 3 aromatic carbocycles. The summed E-state index contributed by atoms with van der Waals surface area (Å²) in [4.78, 5) is 48.5. The molecule has 1 heterocycles. The summed E-state index contributed by atoms with van der Waals surface area (Å²) in [5.74, 6) is -2.38. The number of nitro groups is 1. The summed E-state index contributed by atoms with van der Waals surface area (Å²) in [6.07, 6.45) is 1.09. The Morgan fingerprint density at radius 1 is 0.946 bits per heavy atom. The fraction of sp³-hybridized carbons (Fsp3) is 0. The molecule has 14 heteroatoms. The Morgan fingerprint density at radius 2 is 1.54 bits per heavy atom. The lowest BCUT2D eigenvalue weighted by Crippen LogP contribution is -2.54. The lowest BCUT2D eigenvalue weighted by molar-refractivity contribution is -0.384. The number of nitrogens with one attached hydrogen (secondary N) is 1. The smallest absolute Gasteiger partial charge is 0.339 e. The van der Waals surface area contributed by atoms with Crippen molar-refractivity contribution in [3.05, 3.63) is 98.0 Å². The largest absolute Gasteiger partial charge is 0.376 e. The van der Waals surface area contributed by atoms with Gasteiger partial charge in [0.1, 0.15) is 10.5 Å².